The van der Waals surface area contributed by atoms with Crippen molar-refractivity contribution in [2.75, 3.05) is 32.2 Å². The fraction of sp³-hybridized carbons (Fsp3) is 0.769. The molecule has 0 aromatic carbocycles. The van der Waals surface area contributed by atoms with E-state index >= 15 is 0 Å². The van der Waals surface area contributed by atoms with Crippen LogP contribution < -0.4 is 5.32 Å². The first-order valence-electron chi connectivity index (χ1n) is 6.54. The summed E-state index contributed by atoms with van der Waals surface area (Å²) in [6.45, 7) is 6.61. The monoisotopic (exact) mass is 253 g/mol. The lowest BCUT2D eigenvalue weighted by Crippen LogP contribution is -2.33. The Balaban J connectivity index is 1.95. The molecule has 1 N–H and O–H groups in total. The number of methoxy groups -OCH3 is 1. The summed E-state index contributed by atoms with van der Waals surface area (Å²) >= 11 is 0. The molecule has 0 saturated carbocycles. The topological polar surface area (TPSA) is 48.3 Å². The van der Waals surface area contributed by atoms with Crippen LogP contribution in [0.1, 0.15) is 32.7 Å². The van der Waals surface area contributed by atoms with E-state index in [0.717, 1.165) is 31.9 Å². The van der Waals surface area contributed by atoms with Gasteiger partial charge < -0.3 is 19.4 Å². The highest BCUT2D eigenvalue weighted by Gasteiger charge is 2.29. The molecule has 1 fully saturated rings. The van der Waals surface area contributed by atoms with Crippen LogP contribution in [-0.4, -0.2) is 42.0 Å². The van der Waals surface area contributed by atoms with Gasteiger partial charge in [-0.15, -0.1) is 0 Å². The third-order valence-corrected chi connectivity index (χ3v) is 3.47. The SMILES string of the molecule is COCC(C)n1ccnc1NCC1(C)CCCO1. The van der Waals surface area contributed by atoms with Crippen molar-refractivity contribution in [3.8, 4) is 0 Å². The van der Waals surface area contributed by atoms with E-state index in [1.165, 1.54) is 0 Å². The second-order valence-corrected chi connectivity index (χ2v) is 5.22. The first-order valence-corrected chi connectivity index (χ1v) is 6.54. The molecule has 5 heteroatoms. The van der Waals surface area contributed by atoms with Crippen LogP contribution in [-0.2, 0) is 9.47 Å². The zero-order chi connectivity index (χ0) is 13.0. The maximum Gasteiger partial charge on any atom is 0.203 e. The largest absolute Gasteiger partial charge is 0.383 e. The van der Waals surface area contributed by atoms with Gasteiger partial charge in [0.05, 0.1) is 18.2 Å². The van der Waals surface area contributed by atoms with Crippen molar-refractivity contribution < 1.29 is 9.47 Å². The Bertz CT molecular complexity index is 372. The van der Waals surface area contributed by atoms with Crippen LogP contribution in [0, 0.1) is 0 Å². The van der Waals surface area contributed by atoms with Gasteiger partial charge >= 0.3 is 0 Å². The molecule has 102 valence electrons. The molecule has 18 heavy (non-hydrogen) atoms. The Morgan fingerprint density at radius 3 is 3.17 bits per heavy atom. The minimum atomic E-state index is -0.0543. The zero-order valence-corrected chi connectivity index (χ0v) is 11.5. The minimum Gasteiger partial charge on any atom is -0.383 e. The van der Waals surface area contributed by atoms with E-state index in [0.29, 0.717) is 6.61 Å². The van der Waals surface area contributed by atoms with Crippen LogP contribution in [0.5, 0.6) is 0 Å². The van der Waals surface area contributed by atoms with Crippen molar-refractivity contribution in [2.45, 2.75) is 38.3 Å². The fourth-order valence-corrected chi connectivity index (χ4v) is 2.37. The molecule has 0 radical (unpaired) electrons. The van der Waals surface area contributed by atoms with Gasteiger partial charge in [-0.05, 0) is 26.7 Å². The quantitative estimate of drug-likeness (QED) is 0.843. The van der Waals surface area contributed by atoms with E-state index in [9.17, 15) is 0 Å². The first-order chi connectivity index (χ1) is 8.64. The molecule has 5 nitrogen and oxygen atoms in total. The van der Waals surface area contributed by atoms with E-state index < -0.39 is 0 Å². The number of imidazole rings is 1. The number of aromatic nitrogens is 2. The average molecular weight is 253 g/mol. The highest BCUT2D eigenvalue weighted by atomic mass is 16.5. The highest BCUT2D eigenvalue weighted by Crippen LogP contribution is 2.25. The Morgan fingerprint density at radius 1 is 1.67 bits per heavy atom. The third-order valence-electron chi connectivity index (χ3n) is 3.47. The van der Waals surface area contributed by atoms with Gasteiger partial charge in [-0.1, -0.05) is 0 Å². The van der Waals surface area contributed by atoms with Crippen molar-refractivity contribution in [2.24, 2.45) is 0 Å². The number of hydrogen-bond donors (Lipinski definition) is 1. The molecule has 0 bridgehead atoms. The second-order valence-electron chi connectivity index (χ2n) is 5.22. The molecular weight excluding hydrogens is 230 g/mol. The third kappa shape index (κ3) is 3.03. The molecule has 2 atom stereocenters. The molecule has 1 aliphatic rings. The van der Waals surface area contributed by atoms with Gasteiger partial charge in [-0.25, -0.2) is 4.98 Å². The lowest BCUT2D eigenvalue weighted by Gasteiger charge is -2.24. The number of hydrogen-bond acceptors (Lipinski definition) is 4. The minimum absolute atomic E-state index is 0.0543. The maximum absolute atomic E-state index is 5.76. The smallest absolute Gasteiger partial charge is 0.203 e. The lowest BCUT2D eigenvalue weighted by atomic mass is 10.0. The highest BCUT2D eigenvalue weighted by molar-refractivity contribution is 5.27. The summed E-state index contributed by atoms with van der Waals surface area (Å²) in [4.78, 5) is 4.35. The molecule has 0 amide bonds. The average Bonchev–Trinajstić information content (AvgIpc) is 2.96. The molecule has 1 aromatic heterocycles. The predicted octanol–water partition coefficient (Wildman–Crippen LogP) is 2.07. The standard InChI is InChI=1S/C13H23N3O2/c1-11(9-17-3)16-7-6-14-12(16)15-10-13(2)5-4-8-18-13/h6-7,11H,4-5,8-10H2,1-3H3,(H,14,15). The number of anilines is 1. The fourth-order valence-electron chi connectivity index (χ4n) is 2.37. The van der Waals surface area contributed by atoms with Gasteiger partial charge in [0, 0.05) is 32.7 Å². The van der Waals surface area contributed by atoms with Gasteiger partial charge in [-0.2, -0.15) is 0 Å². The molecule has 0 aliphatic carbocycles. The maximum atomic E-state index is 5.76. The summed E-state index contributed by atoms with van der Waals surface area (Å²) in [6, 6.07) is 0.275. The Hall–Kier alpha value is -1.07. The van der Waals surface area contributed by atoms with Gasteiger partial charge in [0.2, 0.25) is 5.95 Å². The molecule has 2 rings (SSSR count). The Kier molecular flexibility index (Phi) is 4.24. The van der Waals surface area contributed by atoms with Crippen LogP contribution in [0.4, 0.5) is 5.95 Å². The molecule has 2 unspecified atom stereocenters. The number of nitrogens with one attached hydrogen (secondary N) is 1. The number of ether oxygens (including phenoxy) is 2. The van der Waals surface area contributed by atoms with E-state index in [-0.39, 0.29) is 11.6 Å². The predicted molar refractivity (Wildman–Crippen MR) is 70.9 cm³/mol. The summed E-state index contributed by atoms with van der Waals surface area (Å²) in [6.07, 6.45) is 6.04. The molecule has 1 aromatic rings. The normalized spacial score (nSPS) is 25.3. The van der Waals surface area contributed by atoms with E-state index in [1.807, 2.05) is 12.4 Å². The van der Waals surface area contributed by atoms with Gasteiger partial charge in [0.25, 0.3) is 0 Å². The Labute approximate surface area is 108 Å². The summed E-state index contributed by atoms with van der Waals surface area (Å²) in [5.41, 5.74) is -0.0543. The number of rotatable bonds is 6. The summed E-state index contributed by atoms with van der Waals surface area (Å²) in [5, 5.41) is 3.39. The van der Waals surface area contributed by atoms with Gasteiger partial charge in [0.15, 0.2) is 0 Å². The molecule has 0 spiro atoms. The van der Waals surface area contributed by atoms with Crippen LogP contribution in [0.3, 0.4) is 0 Å². The molecule has 1 saturated heterocycles. The lowest BCUT2D eigenvalue weighted by molar-refractivity contribution is 0.0313. The number of nitrogens with zero attached hydrogens (tertiary/aromatic N) is 2. The zero-order valence-electron chi connectivity index (χ0n) is 11.5. The van der Waals surface area contributed by atoms with Crippen molar-refractivity contribution in [3.05, 3.63) is 12.4 Å². The van der Waals surface area contributed by atoms with Gasteiger partial charge in [0.1, 0.15) is 0 Å². The van der Waals surface area contributed by atoms with Gasteiger partial charge in [-0.3, -0.25) is 0 Å². The molecule has 1 aliphatic heterocycles. The molecular formula is C13H23N3O2. The van der Waals surface area contributed by atoms with E-state index in [1.54, 1.807) is 7.11 Å². The summed E-state index contributed by atoms with van der Waals surface area (Å²) in [5.74, 6) is 0.885. The van der Waals surface area contributed by atoms with Crippen molar-refractivity contribution in [1.29, 1.82) is 0 Å². The van der Waals surface area contributed by atoms with Crippen LogP contribution >= 0.6 is 0 Å². The van der Waals surface area contributed by atoms with E-state index in [2.05, 4.69) is 28.7 Å². The van der Waals surface area contributed by atoms with Crippen LogP contribution in [0.15, 0.2) is 12.4 Å². The summed E-state index contributed by atoms with van der Waals surface area (Å²) < 4.78 is 13.0. The second kappa shape index (κ2) is 5.71. The van der Waals surface area contributed by atoms with Crippen molar-refractivity contribution in [1.82, 2.24) is 9.55 Å². The van der Waals surface area contributed by atoms with Crippen molar-refractivity contribution >= 4 is 5.95 Å². The van der Waals surface area contributed by atoms with E-state index in [4.69, 9.17) is 9.47 Å². The summed E-state index contributed by atoms with van der Waals surface area (Å²) in [7, 11) is 1.72. The van der Waals surface area contributed by atoms with Crippen LogP contribution in [0.2, 0.25) is 0 Å². The Morgan fingerprint density at radius 2 is 2.50 bits per heavy atom. The first kappa shape index (κ1) is 13.4. The molecule has 2 heterocycles. The van der Waals surface area contributed by atoms with Crippen molar-refractivity contribution in [3.63, 3.8) is 0 Å². The van der Waals surface area contributed by atoms with Crippen LogP contribution in [0.25, 0.3) is 0 Å².